The van der Waals surface area contributed by atoms with Crippen molar-refractivity contribution in [3.05, 3.63) is 23.8 Å². The number of carbonyl (C=O) groups is 1. The fourth-order valence-electron chi connectivity index (χ4n) is 1.29. The Hall–Kier alpha value is -1.71. The molecule has 0 saturated heterocycles. The first-order chi connectivity index (χ1) is 7.04. The van der Waals surface area contributed by atoms with Crippen molar-refractivity contribution in [2.45, 2.75) is 6.92 Å². The molecule has 0 aliphatic carbocycles. The topological polar surface area (TPSA) is 41.6 Å². The summed E-state index contributed by atoms with van der Waals surface area (Å²) < 4.78 is 5.03. The van der Waals surface area contributed by atoms with Crippen molar-refractivity contribution in [1.82, 2.24) is 5.32 Å². The molecule has 0 bridgehead atoms. The van der Waals surface area contributed by atoms with Crippen LogP contribution in [0, 0.1) is 6.92 Å². The predicted octanol–water partition coefficient (Wildman–Crippen LogP) is 1.78. The van der Waals surface area contributed by atoms with Crippen LogP contribution in [-0.4, -0.2) is 27.2 Å². The van der Waals surface area contributed by atoms with Crippen LogP contribution in [0.2, 0.25) is 0 Å². The quantitative estimate of drug-likeness (QED) is 0.805. The number of hydrogen-bond donors (Lipinski definition) is 1. The predicted molar refractivity (Wildman–Crippen MR) is 60.6 cm³/mol. The lowest BCUT2D eigenvalue weighted by Gasteiger charge is -2.16. The van der Waals surface area contributed by atoms with Crippen LogP contribution in [0.1, 0.15) is 5.56 Å². The molecule has 1 N–H and O–H groups in total. The lowest BCUT2D eigenvalue weighted by Crippen LogP contribution is -2.22. The summed E-state index contributed by atoms with van der Waals surface area (Å²) in [6, 6.07) is 5.54. The molecule has 0 unspecified atom stereocenters. The summed E-state index contributed by atoms with van der Waals surface area (Å²) in [5, 5.41) is 2.40. The first-order valence-corrected chi connectivity index (χ1v) is 4.72. The van der Waals surface area contributed by atoms with E-state index in [2.05, 4.69) is 5.32 Å². The summed E-state index contributed by atoms with van der Waals surface area (Å²) in [7, 11) is 5.43. The van der Waals surface area contributed by atoms with Crippen molar-refractivity contribution in [3.8, 4) is 5.75 Å². The molecule has 4 heteroatoms. The maximum atomic E-state index is 11.0. The zero-order chi connectivity index (χ0) is 11.4. The third-order valence-corrected chi connectivity index (χ3v) is 2.08. The molecule has 1 aromatic carbocycles. The molecule has 0 aromatic heterocycles. The Kier molecular flexibility index (Phi) is 3.55. The third kappa shape index (κ3) is 2.87. The average molecular weight is 208 g/mol. The summed E-state index contributed by atoms with van der Waals surface area (Å²) >= 11 is 0. The van der Waals surface area contributed by atoms with E-state index in [0.717, 1.165) is 11.3 Å². The number of carbonyl (C=O) groups excluding carboxylic acids is 1. The number of anilines is 1. The third-order valence-electron chi connectivity index (χ3n) is 2.08. The molecular formula is C11H16N2O2. The minimum atomic E-state index is -0.455. The first-order valence-electron chi connectivity index (χ1n) is 4.72. The largest absolute Gasteiger partial charge is 0.412 e. The lowest BCUT2D eigenvalue weighted by atomic mass is 10.2. The minimum absolute atomic E-state index is 0.455. The van der Waals surface area contributed by atoms with Crippen molar-refractivity contribution in [2.75, 3.05) is 26.0 Å². The van der Waals surface area contributed by atoms with Gasteiger partial charge < -0.3 is 15.0 Å². The van der Waals surface area contributed by atoms with Crippen LogP contribution in [0.3, 0.4) is 0 Å². The number of nitrogens with zero attached hydrogens (tertiary/aromatic N) is 1. The summed E-state index contributed by atoms with van der Waals surface area (Å²) in [4.78, 5) is 13.0. The number of amides is 1. The Balaban J connectivity index is 2.92. The van der Waals surface area contributed by atoms with Crippen molar-refractivity contribution >= 4 is 11.8 Å². The molecule has 0 spiro atoms. The normalized spacial score (nSPS) is 9.60. The molecule has 82 valence electrons. The van der Waals surface area contributed by atoms with Gasteiger partial charge in [0.05, 0.1) is 0 Å². The van der Waals surface area contributed by atoms with E-state index in [1.165, 1.54) is 7.05 Å². The first kappa shape index (κ1) is 11.4. The molecule has 0 aliphatic heterocycles. The van der Waals surface area contributed by atoms with E-state index < -0.39 is 6.09 Å². The second kappa shape index (κ2) is 4.68. The van der Waals surface area contributed by atoms with E-state index in [4.69, 9.17) is 4.74 Å². The van der Waals surface area contributed by atoms with Gasteiger partial charge in [-0.15, -0.1) is 0 Å². The van der Waals surface area contributed by atoms with Gasteiger partial charge in [-0.25, -0.2) is 4.79 Å². The molecule has 1 rings (SSSR count). The van der Waals surface area contributed by atoms with Gasteiger partial charge in [-0.1, -0.05) is 6.07 Å². The number of benzene rings is 1. The molecule has 0 aliphatic rings. The highest BCUT2D eigenvalue weighted by molar-refractivity contribution is 5.70. The van der Waals surface area contributed by atoms with Gasteiger partial charge in [0.1, 0.15) is 5.75 Å². The van der Waals surface area contributed by atoms with E-state index in [0.29, 0.717) is 5.75 Å². The summed E-state index contributed by atoms with van der Waals surface area (Å²) in [6.07, 6.45) is -0.455. The maximum Gasteiger partial charge on any atom is 0.412 e. The number of ether oxygens (including phenoxy) is 1. The highest BCUT2D eigenvalue weighted by Crippen LogP contribution is 2.23. The molecular weight excluding hydrogens is 192 g/mol. The van der Waals surface area contributed by atoms with Gasteiger partial charge in [0.25, 0.3) is 0 Å². The zero-order valence-electron chi connectivity index (χ0n) is 9.50. The summed E-state index contributed by atoms with van der Waals surface area (Å²) in [5.41, 5.74) is 2.18. The summed E-state index contributed by atoms with van der Waals surface area (Å²) in [5.74, 6) is 0.545. The Bertz CT molecular complexity index is 362. The highest BCUT2D eigenvalue weighted by Gasteiger charge is 2.05. The van der Waals surface area contributed by atoms with Gasteiger partial charge in [-0.3, -0.25) is 0 Å². The van der Waals surface area contributed by atoms with Crippen LogP contribution in [0.4, 0.5) is 10.5 Å². The minimum Gasteiger partial charge on any atom is -0.410 e. The second-order valence-electron chi connectivity index (χ2n) is 3.48. The van der Waals surface area contributed by atoms with Crippen LogP contribution in [-0.2, 0) is 0 Å². The van der Waals surface area contributed by atoms with Gasteiger partial charge in [0.15, 0.2) is 0 Å². The van der Waals surface area contributed by atoms with E-state index in [1.54, 1.807) is 6.07 Å². The molecule has 1 aromatic rings. The van der Waals surface area contributed by atoms with Gasteiger partial charge in [0, 0.05) is 32.9 Å². The standard InChI is InChI=1S/C11H16N2O2/c1-8-5-6-9(15-11(14)12-2)7-10(8)13(3)4/h5-7H,1-4H3,(H,12,14). The Morgan fingerprint density at radius 3 is 2.60 bits per heavy atom. The smallest absolute Gasteiger partial charge is 0.410 e. The lowest BCUT2D eigenvalue weighted by molar-refractivity contribution is 0.203. The van der Waals surface area contributed by atoms with E-state index in [9.17, 15) is 4.79 Å². The molecule has 0 fully saturated rings. The SMILES string of the molecule is CNC(=O)Oc1ccc(C)c(N(C)C)c1. The maximum absolute atomic E-state index is 11.0. The number of rotatable bonds is 2. The fourth-order valence-corrected chi connectivity index (χ4v) is 1.29. The highest BCUT2D eigenvalue weighted by atomic mass is 16.5. The molecule has 4 nitrogen and oxygen atoms in total. The summed E-state index contributed by atoms with van der Waals surface area (Å²) in [6.45, 7) is 2.01. The number of nitrogens with one attached hydrogen (secondary N) is 1. The Morgan fingerprint density at radius 1 is 1.40 bits per heavy atom. The molecule has 0 radical (unpaired) electrons. The van der Waals surface area contributed by atoms with Crippen LogP contribution in [0.15, 0.2) is 18.2 Å². The average Bonchev–Trinajstić information content (AvgIpc) is 2.20. The van der Waals surface area contributed by atoms with Crippen molar-refractivity contribution in [1.29, 1.82) is 0 Å². The molecule has 15 heavy (non-hydrogen) atoms. The van der Waals surface area contributed by atoms with E-state index >= 15 is 0 Å². The molecule has 0 atom stereocenters. The zero-order valence-corrected chi connectivity index (χ0v) is 9.50. The monoisotopic (exact) mass is 208 g/mol. The van der Waals surface area contributed by atoms with Gasteiger partial charge >= 0.3 is 6.09 Å². The van der Waals surface area contributed by atoms with E-state index in [1.807, 2.05) is 38.1 Å². The van der Waals surface area contributed by atoms with E-state index in [-0.39, 0.29) is 0 Å². The molecule has 0 heterocycles. The van der Waals surface area contributed by atoms with Crippen LogP contribution >= 0.6 is 0 Å². The van der Waals surface area contributed by atoms with Gasteiger partial charge in [-0.2, -0.15) is 0 Å². The van der Waals surface area contributed by atoms with Crippen molar-refractivity contribution in [3.63, 3.8) is 0 Å². The van der Waals surface area contributed by atoms with Gasteiger partial charge in [0.2, 0.25) is 0 Å². The molecule has 0 saturated carbocycles. The fraction of sp³-hybridized carbons (Fsp3) is 0.364. The van der Waals surface area contributed by atoms with Crippen molar-refractivity contribution < 1.29 is 9.53 Å². The van der Waals surface area contributed by atoms with Crippen LogP contribution < -0.4 is 15.0 Å². The molecule has 1 amide bonds. The Morgan fingerprint density at radius 2 is 2.07 bits per heavy atom. The van der Waals surface area contributed by atoms with Crippen molar-refractivity contribution in [2.24, 2.45) is 0 Å². The van der Waals surface area contributed by atoms with Gasteiger partial charge in [-0.05, 0) is 18.6 Å². The van der Waals surface area contributed by atoms with Crippen LogP contribution in [0.25, 0.3) is 0 Å². The number of aryl methyl sites for hydroxylation is 1. The Labute approximate surface area is 89.8 Å². The van der Waals surface area contributed by atoms with Crippen LogP contribution in [0.5, 0.6) is 5.75 Å². The number of hydrogen-bond acceptors (Lipinski definition) is 3. The second-order valence-corrected chi connectivity index (χ2v) is 3.48.